The molecule has 0 aliphatic heterocycles. The Kier molecular flexibility index (Phi) is 4.35. The first-order chi connectivity index (χ1) is 9.15. The molecule has 20 heavy (non-hydrogen) atoms. The molecular weight excluding hydrogens is 260 g/mol. The number of aromatic carboxylic acids is 1. The third kappa shape index (κ3) is 3.72. The van der Waals surface area contributed by atoms with Crippen molar-refractivity contribution in [1.29, 1.82) is 5.26 Å². The van der Waals surface area contributed by atoms with E-state index in [-0.39, 0.29) is 11.3 Å². The Morgan fingerprint density at radius 1 is 1.35 bits per heavy atom. The summed E-state index contributed by atoms with van der Waals surface area (Å²) < 4.78 is 5.08. The lowest BCUT2D eigenvalue weighted by Crippen LogP contribution is -2.28. The maximum atomic E-state index is 11.7. The second-order valence-corrected chi connectivity index (χ2v) is 5.20. The van der Waals surface area contributed by atoms with Crippen LogP contribution in [0.2, 0.25) is 0 Å². The van der Waals surface area contributed by atoms with E-state index in [9.17, 15) is 9.59 Å². The van der Waals surface area contributed by atoms with Crippen molar-refractivity contribution in [2.45, 2.75) is 33.3 Å². The van der Waals surface area contributed by atoms with E-state index in [1.807, 2.05) is 6.07 Å². The average molecular weight is 276 g/mol. The Labute approximate surface area is 117 Å². The first-order valence-corrected chi connectivity index (χ1v) is 5.92. The minimum Gasteiger partial charge on any atom is -0.478 e. The summed E-state index contributed by atoms with van der Waals surface area (Å²) in [5.41, 5.74) is -0.0359. The number of ether oxygens (including phenoxy) is 1. The molecule has 0 radical (unpaired) electrons. The zero-order valence-electron chi connectivity index (χ0n) is 11.8. The van der Waals surface area contributed by atoms with Gasteiger partial charge in [0.2, 0.25) is 0 Å². The number of hydrogen-bond acceptors (Lipinski definition) is 4. The van der Waals surface area contributed by atoms with Gasteiger partial charge in [-0.15, -0.1) is 0 Å². The van der Waals surface area contributed by atoms with Crippen LogP contribution in [-0.2, 0) is 4.74 Å². The van der Waals surface area contributed by atoms with E-state index in [4.69, 9.17) is 15.1 Å². The highest BCUT2D eigenvalue weighted by molar-refractivity contribution is 6.00. The molecule has 1 amide bonds. The number of nitrogens with one attached hydrogen (secondary N) is 1. The third-order valence-electron chi connectivity index (χ3n) is 2.44. The monoisotopic (exact) mass is 276 g/mol. The molecule has 1 rings (SSSR count). The summed E-state index contributed by atoms with van der Waals surface area (Å²) in [6.07, 6.45) is -0.766. The zero-order valence-corrected chi connectivity index (χ0v) is 11.8. The molecule has 6 nitrogen and oxygen atoms in total. The highest BCUT2D eigenvalue weighted by Gasteiger charge is 2.21. The number of benzene rings is 1. The first kappa shape index (κ1) is 15.5. The van der Waals surface area contributed by atoms with E-state index < -0.39 is 17.7 Å². The lowest BCUT2D eigenvalue weighted by Gasteiger charge is -2.21. The summed E-state index contributed by atoms with van der Waals surface area (Å²) in [4.78, 5) is 22.9. The fourth-order valence-electron chi connectivity index (χ4n) is 1.58. The Balaban J connectivity index is 3.19. The van der Waals surface area contributed by atoms with Crippen molar-refractivity contribution >= 4 is 17.7 Å². The van der Waals surface area contributed by atoms with E-state index in [1.165, 1.54) is 12.1 Å². The van der Waals surface area contributed by atoms with Crippen LogP contribution < -0.4 is 5.32 Å². The van der Waals surface area contributed by atoms with Crippen LogP contribution in [-0.4, -0.2) is 22.8 Å². The Morgan fingerprint density at radius 3 is 2.40 bits per heavy atom. The lowest BCUT2D eigenvalue weighted by molar-refractivity contribution is 0.0636. The predicted molar refractivity (Wildman–Crippen MR) is 72.7 cm³/mol. The molecule has 6 heteroatoms. The van der Waals surface area contributed by atoms with Crippen molar-refractivity contribution in [3.05, 3.63) is 28.8 Å². The molecule has 0 bridgehead atoms. The Morgan fingerprint density at radius 2 is 1.95 bits per heavy atom. The van der Waals surface area contributed by atoms with Crippen LogP contribution in [0.3, 0.4) is 0 Å². The maximum absolute atomic E-state index is 11.7. The van der Waals surface area contributed by atoms with Crippen molar-refractivity contribution in [3.8, 4) is 6.07 Å². The molecule has 2 N–H and O–H groups in total. The summed E-state index contributed by atoms with van der Waals surface area (Å²) in [6.45, 7) is 6.66. The van der Waals surface area contributed by atoms with Crippen LogP contribution >= 0.6 is 0 Å². The topological polar surface area (TPSA) is 99.4 Å². The van der Waals surface area contributed by atoms with Crippen LogP contribution in [0.15, 0.2) is 12.1 Å². The molecule has 0 saturated carbocycles. The molecule has 0 aliphatic rings. The summed E-state index contributed by atoms with van der Waals surface area (Å²) in [7, 11) is 0. The number of anilines is 1. The van der Waals surface area contributed by atoms with Gasteiger partial charge in [-0.05, 0) is 45.4 Å². The van der Waals surface area contributed by atoms with Crippen LogP contribution in [0.4, 0.5) is 10.5 Å². The number of hydrogen-bond donors (Lipinski definition) is 2. The van der Waals surface area contributed by atoms with Crippen LogP contribution in [0, 0.1) is 18.3 Å². The largest absolute Gasteiger partial charge is 0.478 e. The van der Waals surface area contributed by atoms with Crippen molar-refractivity contribution in [1.82, 2.24) is 0 Å². The number of carboxylic acids is 1. The fourth-order valence-corrected chi connectivity index (χ4v) is 1.58. The summed E-state index contributed by atoms with van der Waals surface area (Å²) in [5.74, 6) is -1.19. The minimum atomic E-state index is -1.19. The molecule has 0 unspecified atom stereocenters. The smallest absolute Gasteiger partial charge is 0.412 e. The predicted octanol–water partition coefficient (Wildman–Crippen LogP) is 2.91. The SMILES string of the molecule is Cc1c(C#N)ccc(C(=O)O)c1NC(=O)OC(C)(C)C. The van der Waals surface area contributed by atoms with Gasteiger partial charge in [0.15, 0.2) is 0 Å². The van der Waals surface area contributed by atoms with Gasteiger partial charge in [-0.1, -0.05) is 0 Å². The fraction of sp³-hybridized carbons (Fsp3) is 0.357. The normalized spacial score (nSPS) is 10.6. The number of carbonyl (C=O) groups is 2. The maximum Gasteiger partial charge on any atom is 0.412 e. The van der Waals surface area contributed by atoms with E-state index in [0.717, 1.165) is 0 Å². The average Bonchev–Trinajstić information content (AvgIpc) is 2.28. The molecular formula is C14H16N2O4. The minimum absolute atomic E-state index is 0.0748. The van der Waals surface area contributed by atoms with Crippen molar-refractivity contribution in [2.24, 2.45) is 0 Å². The number of amides is 1. The molecule has 0 aromatic heterocycles. The molecule has 0 atom stereocenters. The molecule has 0 spiro atoms. The van der Waals surface area contributed by atoms with Crippen molar-refractivity contribution in [3.63, 3.8) is 0 Å². The molecule has 0 aliphatic carbocycles. The van der Waals surface area contributed by atoms with Gasteiger partial charge < -0.3 is 9.84 Å². The molecule has 0 fully saturated rings. The highest BCUT2D eigenvalue weighted by atomic mass is 16.6. The molecule has 1 aromatic carbocycles. The number of carboxylic acid groups (broad SMARTS) is 1. The van der Waals surface area contributed by atoms with Gasteiger partial charge in [-0.25, -0.2) is 9.59 Å². The van der Waals surface area contributed by atoms with Gasteiger partial charge in [0.05, 0.1) is 22.9 Å². The number of nitriles is 1. The molecule has 0 saturated heterocycles. The second-order valence-electron chi connectivity index (χ2n) is 5.20. The van der Waals surface area contributed by atoms with Gasteiger partial charge in [-0.2, -0.15) is 5.26 Å². The van der Waals surface area contributed by atoms with E-state index in [1.54, 1.807) is 27.7 Å². The molecule has 106 valence electrons. The molecule has 1 aromatic rings. The van der Waals surface area contributed by atoms with Gasteiger partial charge in [0, 0.05) is 0 Å². The van der Waals surface area contributed by atoms with Gasteiger partial charge in [0.1, 0.15) is 5.60 Å². The van der Waals surface area contributed by atoms with Crippen molar-refractivity contribution in [2.75, 3.05) is 5.32 Å². The Bertz CT molecular complexity index is 594. The third-order valence-corrected chi connectivity index (χ3v) is 2.44. The quantitative estimate of drug-likeness (QED) is 0.865. The zero-order chi connectivity index (χ0) is 15.5. The van der Waals surface area contributed by atoms with E-state index >= 15 is 0 Å². The van der Waals surface area contributed by atoms with E-state index in [0.29, 0.717) is 11.1 Å². The number of carbonyl (C=O) groups excluding carboxylic acids is 1. The van der Waals surface area contributed by atoms with Gasteiger partial charge in [0.25, 0.3) is 0 Å². The standard InChI is InChI=1S/C14H16N2O4/c1-8-9(7-15)5-6-10(12(17)18)11(8)16-13(19)20-14(2,3)4/h5-6H,1-4H3,(H,16,19)(H,17,18). The highest BCUT2D eigenvalue weighted by Crippen LogP contribution is 2.25. The molecule has 0 heterocycles. The Hall–Kier alpha value is -2.55. The lowest BCUT2D eigenvalue weighted by atomic mass is 10.0. The van der Waals surface area contributed by atoms with Crippen molar-refractivity contribution < 1.29 is 19.4 Å². The first-order valence-electron chi connectivity index (χ1n) is 5.92. The summed E-state index contributed by atoms with van der Waals surface area (Å²) in [6, 6.07) is 4.62. The van der Waals surface area contributed by atoms with Gasteiger partial charge in [-0.3, -0.25) is 5.32 Å². The summed E-state index contributed by atoms with van der Waals surface area (Å²) >= 11 is 0. The van der Waals surface area contributed by atoms with Crippen LogP contribution in [0.1, 0.15) is 42.3 Å². The summed E-state index contributed by atoms with van der Waals surface area (Å²) in [5, 5.41) is 20.5. The van der Waals surface area contributed by atoms with Crippen LogP contribution in [0.5, 0.6) is 0 Å². The van der Waals surface area contributed by atoms with Gasteiger partial charge >= 0.3 is 12.1 Å². The van der Waals surface area contributed by atoms with Crippen LogP contribution in [0.25, 0.3) is 0 Å². The number of rotatable bonds is 2. The number of nitrogens with zero attached hydrogens (tertiary/aromatic N) is 1. The van der Waals surface area contributed by atoms with E-state index in [2.05, 4.69) is 5.32 Å². The second kappa shape index (κ2) is 5.61.